The molecule has 3 aromatic rings. The number of nitrogens with zero attached hydrogens (tertiary/aromatic N) is 3. The van der Waals surface area contributed by atoms with Gasteiger partial charge in [-0.25, -0.2) is 0 Å². The van der Waals surface area contributed by atoms with Crippen LogP contribution >= 0.6 is 0 Å². The largest absolute Gasteiger partial charge is 0.758 e. The fraction of sp³-hybridized carbons (Fsp3) is 0.150. The summed E-state index contributed by atoms with van der Waals surface area (Å²) in [5, 5.41) is 20.4. The molecule has 3 rings (SSSR count). The number of aliphatic imine (C=N–C) groups is 1. The number of nitro benzene ring substituents is 1. The minimum Gasteiger partial charge on any atom is -0.758 e. The molecule has 0 aliphatic carbocycles. The zero-order valence-electron chi connectivity index (χ0n) is 15.2. The molecule has 9 heteroatoms. The summed E-state index contributed by atoms with van der Waals surface area (Å²) in [5.41, 5.74) is 0.749. The molecule has 0 fully saturated rings. The van der Waals surface area contributed by atoms with Crippen LogP contribution < -0.4 is 4.57 Å². The van der Waals surface area contributed by atoms with E-state index in [-0.39, 0.29) is 35.2 Å². The van der Waals surface area contributed by atoms with E-state index in [2.05, 4.69) is 4.99 Å². The number of aliphatic hydroxyl groups is 1. The van der Waals surface area contributed by atoms with Gasteiger partial charge >= 0.3 is 0 Å². The SMILES string of the molecule is O=C(c1ccc([N+](=O)[O-])cc1)[C@H](C([S-])=NCc1ccco1)[n+]1cccc(CO)c1. The van der Waals surface area contributed by atoms with Crippen LogP contribution in [0.2, 0.25) is 0 Å². The molecule has 1 aromatic carbocycles. The zero-order valence-corrected chi connectivity index (χ0v) is 16.0. The van der Waals surface area contributed by atoms with Crippen molar-refractivity contribution >= 4 is 29.1 Å². The Morgan fingerprint density at radius 3 is 2.62 bits per heavy atom. The Morgan fingerprint density at radius 1 is 1.24 bits per heavy atom. The van der Waals surface area contributed by atoms with Crippen LogP contribution in [0.15, 0.2) is 76.6 Å². The molecule has 29 heavy (non-hydrogen) atoms. The number of ketones is 1. The number of carbonyl (C=O) groups excluding carboxylic acids is 1. The van der Waals surface area contributed by atoms with Crippen LogP contribution in [0.25, 0.3) is 0 Å². The van der Waals surface area contributed by atoms with E-state index >= 15 is 0 Å². The van der Waals surface area contributed by atoms with Crippen molar-refractivity contribution in [2.45, 2.75) is 19.2 Å². The highest BCUT2D eigenvalue weighted by Crippen LogP contribution is 2.17. The maximum absolute atomic E-state index is 13.2. The Hall–Kier alpha value is -3.43. The molecule has 1 atom stereocenters. The average molecular weight is 411 g/mol. The minimum absolute atomic E-state index is 0.113. The fourth-order valence-corrected chi connectivity index (χ4v) is 3.02. The number of Topliss-reactive ketones (excluding diaryl/α,β-unsaturated/α-hetero) is 1. The van der Waals surface area contributed by atoms with Crippen molar-refractivity contribution in [3.05, 3.63) is 94.2 Å². The summed E-state index contributed by atoms with van der Waals surface area (Å²) in [6.45, 7) is -0.0221. The average Bonchev–Trinajstić information content (AvgIpc) is 3.26. The zero-order chi connectivity index (χ0) is 20.8. The van der Waals surface area contributed by atoms with Crippen LogP contribution in [0.5, 0.6) is 0 Å². The molecule has 2 aromatic heterocycles. The summed E-state index contributed by atoms with van der Waals surface area (Å²) in [7, 11) is 0. The van der Waals surface area contributed by atoms with Crippen LogP contribution in [0.4, 0.5) is 5.69 Å². The Morgan fingerprint density at radius 2 is 2.00 bits per heavy atom. The highest BCUT2D eigenvalue weighted by molar-refractivity contribution is 7.77. The standard InChI is InChI=1S/C20H17N3O5S/c24-13-14-3-1-9-22(12-14)18(20(29)21-11-17-4-2-10-28-17)19(25)15-5-7-16(8-6-15)23(26)27/h1-10,12,18,24H,11,13H2/t18-/m1/s1. The van der Waals surface area contributed by atoms with Crippen LogP contribution in [0.3, 0.4) is 0 Å². The van der Waals surface area contributed by atoms with Crippen LogP contribution in [-0.4, -0.2) is 20.9 Å². The second-order valence-corrected chi connectivity index (χ2v) is 6.54. The van der Waals surface area contributed by atoms with Gasteiger partial charge in [0.2, 0.25) is 11.8 Å². The third-order valence-corrected chi connectivity index (χ3v) is 4.53. The number of pyridine rings is 1. The first-order valence-corrected chi connectivity index (χ1v) is 9.03. The summed E-state index contributed by atoms with van der Waals surface area (Å²) in [5.74, 6) is 0.233. The molecule has 0 aliphatic heterocycles. The van der Waals surface area contributed by atoms with E-state index in [0.29, 0.717) is 11.3 Å². The molecule has 0 saturated carbocycles. The number of furan rings is 1. The third kappa shape index (κ3) is 4.89. The van der Waals surface area contributed by atoms with Crippen LogP contribution in [0, 0.1) is 10.1 Å². The van der Waals surface area contributed by atoms with Gasteiger partial charge in [-0.05, 0) is 35.4 Å². The Bertz CT molecular complexity index is 1030. The van der Waals surface area contributed by atoms with E-state index in [1.54, 1.807) is 41.2 Å². The van der Waals surface area contributed by atoms with Gasteiger partial charge in [0.15, 0.2) is 12.4 Å². The van der Waals surface area contributed by atoms with Crippen molar-refractivity contribution in [2.75, 3.05) is 0 Å². The number of hydrogen-bond acceptors (Lipinski definition) is 7. The maximum Gasteiger partial charge on any atom is 0.269 e. The topological polar surface area (TPSA) is 110 Å². The molecule has 0 aliphatic rings. The van der Waals surface area contributed by atoms with Gasteiger partial charge in [0.05, 0.1) is 24.3 Å². The maximum atomic E-state index is 13.2. The Kier molecular flexibility index (Phi) is 6.43. The number of carbonyl (C=O) groups is 1. The Labute approximate surface area is 171 Å². The van der Waals surface area contributed by atoms with Gasteiger partial charge < -0.3 is 27.1 Å². The predicted octanol–water partition coefficient (Wildman–Crippen LogP) is 2.54. The molecular formula is C20H17N3O5S. The minimum atomic E-state index is -0.951. The van der Waals surface area contributed by atoms with E-state index in [9.17, 15) is 20.0 Å². The summed E-state index contributed by atoms with van der Waals surface area (Å²) in [6, 6.07) is 11.2. The number of hydrogen-bond donors (Lipinski definition) is 1. The van der Waals surface area contributed by atoms with Crippen molar-refractivity contribution in [3.63, 3.8) is 0 Å². The summed E-state index contributed by atoms with van der Waals surface area (Å²) in [6.07, 6.45) is 4.79. The summed E-state index contributed by atoms with van der Waals surface area (Å²) >= 11 is 5.43. The molecule has 0 spiro atoms. The lowest BCUT2D eigenvalue weighted by Crippen LogP contribution is -2.48. The predicted molar refractivity (Wildman–Crippen MR) is 106 cm³/mol. The van der Waals surface area contributed by atoms with Crippen molar-refractivity contribution < 1.29 is 23.8 Å². The fourth-order valence-electron chi connectivity index (χ4n) is 2.72. The number of nitro groups is 1. The molecule has 8 nitrogen and oxygen atoms in total. The van der Waals surface area contributed by atoms with Gasteiger partial charge in [-0.1, -0.05) is 0 Å². The molecular weight excluding hydrogens is 394 g/mol. The number of non-ortho nitro benzene ring substituents is 1. The van der Waals surface area contributed by atoms with Crippen molar-refractivity contribution in [3.8, 4) is 0 Å². The van der Waals surface area contributed by atoms with Crippen LogP contribution in [0.1, 0.15) is 27.7 Å². The third-order valence-electron chi connectivity index (χ3n) is 4.18. The molecule has 0 unspecified atom stereocenters. The molecule has 0 bridgehead atoms. The van der Waals surface area contributed by atoms with E-state index in [1.165, 1.54) is 30.5 Å². The lowest BCUT2D eigenvalue weighted by atomic mass is 10.0. The van der Waals surface area contributed by atoms with Gasteiger partial charge in [0.1, 0.15) is 5.76 Å². The molecule has 1 N–H and O–H groups in total. The van der Waals surface area contributed by atoms with Crippen molar-refractivity contribution in [1.29, 1.82) is 0 Å². The van der Waals surface area contributed by atoms with E-state index < -0.39 is 11.0 Å². The second kappa shape index (κ2) is 9.18. The molecule has 0 radical (unpaired) electrons. The monoisotopic (exact) mass is 411 g/mol. The smallest absolute Gasteiger partial charge is 0.269 e. The van der Waals surface area contributed by atoms with Gasteiger partial charge in [0, 0.05) is 29.3 Å². The van der Waals surface area contributed by atoms with Crippen molar-refractivity contribution in [1.82, 2.24) is 0 Å². The van der Waals surface area contributed by atoms with E-state index in [0.717, 1.165) is 0 Å². The number of aliphatic hydroxyl groups excluding tert-OH is 1. The molecule has 0 saturated heterocycles. The van der Waals surface area contributed by atoms with Crippen LogP contribution in [-0.2, 0) is 25.8 Å². The van der Waals surface area contributed by atoms with Gasteiger partial charge in [0.25, 0.3) is 5.69 Å². The highest BCUT2D eigenvalue weighted by Gasteiger charge is 2.29. The first-order chi connectivity index (χ1) is 14.0. The number of aromatic nitrogens is 1. The summed E-state index contributed by atoms with van der Waals surface area (Å²) in [4.78, 5) is 27.9. The van der Waals surface area contributed by atoms with Gasteiger partial charge in [-0.2, -0.15) is 4.57 Å². The lowest BCUT2D eigenvalue weighted by Gasteiger charge is -2.19. The molecule has 148 valence electrons. The number of benzene rings is 1. The second-order valence-electron chi connectivity index (χ2n) is 6.12. The first kappa shape index (κ1) is 20.3. The Balaban J connectivity index is 1.97. The normalized spacial score (nSPS) is 12.5. The van der Waals surface area contributed by atoms with E-state index in [1.807, 2.05) is 0 Å². The highest BCUT2D eigenvalue weighted by atomic mass is 32.1. The first-order valence-electron chi connectivity index (χ1n) is 8.62. The van der Waals surface area contributed by atoms with Gasteiger partial charge in [-0.3, -0.25) is 14.9 Å². The lowest BCUT2D eigenvalue weighted by molar-refractivity contribution is -0.692. The van der Waals surface area contributed by atoms with E-state index in [4.69, 9.17) is 17.0 Å². The number of rotatable bonds is 8. The molecule has 0 amide bonds. The van der Waals surface area contributed by atoms with Gasteiger partial charge in [-0.15, -0.1) is 0 Å². The van der Waals surface area contributed by atoms with Crippen molar-refractivity contribution in [2.24, 2.45) is 4.99 Å². The molecule has 2 heterocycles. The summed E-state index contributed by atoms with van der Waals surface area (Å²) < 4.78 is 6.82. The quantitative estimate of drug-likeness (QED) is 0.116.